The Labute approximate surface area is 85.7 Å². The fourth-order valence-corrected chi connectivity index (χ4v) is 4.26. The second-order valence-electron chi connectivity index (χ2n) is 4.63. The van der Waals surface area contributed by atoms with Gasteiger partial charge in [-0.05, 0) is 32.1 Å². The Morgan fingerprint density at radius 3 is 2.50 bits per heavy atom. The lowest BCUT2D eigenvalue weighted by Crippen LogP contribution is -2.38. The molecule has 2 N–H and O–H groups in total. The number of hydrogen-bond donors (Lipinski definition) is 1. The molecular formula is C9H19NO3S. The molecule has 1 rings (SSSR count). The second kappa shape index (κ2) is 3.79. The summed E-state index contributed by atoms with van der Waals surface area (Å²) < 4.78 is 22.8. The zero-order valence-corrected chi connectivity index (χ0v) is 9.80. The average molecular weight is 221 g/mol. The lowest BCUT2D eigenvalue weighted by atomic mass is 9.83. The predicted octanol–water partition coefficient (Wildman–Crippen LogP) is 0.726. The summed E-state index contributed by atoms with van der Waals surface area (Å²) in [5, 5.41) is 0. The molecule has 0 amide bonds. The molecule has 0 bridgehead atoms. The monoisotopic (exact) mass is 221 g/mol. The minimum Gasteiger partial charge on any atom is -0.304 e. The lowest BCUT2D eigenvalue weighted by molar-refractivity contribution is 0.0785. The third kappa shape index (κ3) is 1.81. The van der Waals surface area contributed by atoms with Crippen molar-refractivity contribution in [1.82, 2.24) is 0 Å². The highest BCUT2D eigenvalue weighted by Crippen LogP contribution is 2.41. The smallest absolute Gasteiger partial charge is 0.155 e. The first kappa shape index (κ1) is 11.9. The molecule has 0 aromatic heterocycles. The highest BCUT2D eigenvalue weighted by Gasteiger charge is 2.49. The van der Waals surface area contributed by atoms with Crippen LogP contribution in [0.4, 0.5) is 0 Å². The normalized spacial score (nSPS) is 31.6. The van der Waals surface area contributed by atoms with Gasteiger partial charge in [0.2, 0.25) is 0 Å². The van der Waals surface area contributed by atoms with E-state index >= 15 is 0 Å². The zero-order chi connectivity index (χ0) is 11.0. The second-order valence-corrected chi connectivity index (χ2v) is 7.32. The van der Waals surface area contributed by atoms with Gasteiger partial charge < -0.3 is 4.84 Å². The van der Waals surface area contributed by atoms with Crippen LogP contribution >= 0.6 is 0 Å². The Kier molecular flexibility index (Phi) is 3.23. The summed E-state index contributed by atoms with van der Waals surface area (Å²) in [7, 11) is -2.93. The minimum absolute atomic E-state index is 0.149. The fraction of sp³-hybridized carbons (Fsp3) is 1.00. The number of rotatable bonds is 3. The van der Waals surface area contributed by atoms with Crippen molar-refractivity contribution in [1.29, 1.82) is 0 Å². The summed E-state index contributed by atoms with van der Waals surface area (Å²) in [5.74, 6) is 5.63. The maximum Gasteiger partial charge on any atom is 0.155 e. The van der Waals surface area contributed by atoms with Crippen LogP contribution < -0.4 is 5.90 Å². The van der Waals surface area contributed by atoms with Crippen LogP contribution in [0.25, 0.3) is 0 Å². The molecule has 2 unspecified atom stereocenters. The molecule has 0 saturated carbocycles. The zero-order valence-electron chi connectivity index (χ0n) is 8.99. The van der Waals surface area contributed by atoms with Gasteiger partial charge in [-0.15, -0.1) is 0 Å². The lowest BCUT2D eigenvalue weighted by Gasteiger charge is -2.30. The molecule has 4 nitrogen and oxygen atoms in total. The molecular weight excluding hydrogens is 202 g/mol. The predicted molar refractivity (Wildman–Crippen MR) is 55.3 cm³/mol. The van der Waals surface area contributed by atoms with Crippen molar-refractivity contribution in [2.45, 2.75) is 31.9 Å². The van der Waals surface area contributed by atoms with Crippen molar-refractivity contribution in [3.63, 3.8) is 0 Å². The molecule has 1 fully saturated rings. The SMILES string of the molecule is CC(CON)C1CCS(=O)(=O)C1(C)C. The van der Waals surface area contributed by atoms with E-state index in [-0.39, 0.29) is 11.8 Å². The van der Waals surface area contributed by atoms with Crippen LogP contribution in [0.2, 0.25) is 0 Å². The van der Waals surface area contributed by atoms with Gasteiger partial charge in [0.15, 0.2) is 9.84 Å². The fourth-order valence-electron chi connectivity index (χ4n) is 2.36. The van der Waals surface area contributed by atoms with E-state index in [1.165, 1.54) is 0 Å². The Balaban J connectivity index is 2.85. The van der Waals surface area contributed by atoms with Gasteiger partial charge in [0, 0.05) is 0 Å². The molecule has 0 radical (unpaired) electrons. The van der Waals surface area contributed by atoms with Gasteiger partial charge in [0.05, 0.1) is 17.1 Å². The summed E-state index contributed by atoms with van der Waals surface area (Å²) in [6.07, 6.45) is 0.722. The average Bonchev–Trinajstić information content (AvgIpc) is 2.23. The van der Waals surface area contributed by atoms with E-state index in [1.807, 2.05) is 6.92 Å². The topological polar surface area (TPSA) is 69.4 Å². The summed E-state index contributed by atoms with van der Waals surface area (Å²) in [4.78, 5) is 4.58. The van der Waals surface area contributed by atoms with Crippen molar-refractivity contribution in [3.05, 3.63) is 0 Å². The van der Waals surface area contributed by atoms with E-state index in [4.69, 9.17) is 5.90 Å². The van der Waals surface area contributed by atoms with Gasteiger partial charge in [0.25, 0.3) is 0 Å². The molecule has 1 heterocycles. The van der Waals surface area contributed by atoms with E-state index in [0.29, 0.717) is 12.4 Å². The van der Waals surface area contributed by atoms with Crippen LogP contribution in [-0.4, -0.2) is 25.5 Å². The third-order valence-corrected chi connectivity index (χ3v) is 6.12. The molecule has 0 aliphatic carbocycles. The van der Waals surface area contributed by atoms with Gasteiger partial charge in [0.1, 0.15) is 0 Å². The van der Waals surface area contributed by atoms with E-state index in [0.717, 1.165) is 6.42 Å². The first-order chi connectivity index (χ1) is 6.33. The van der Waals surface area contributed by atoms with E-state index in [1.54, 1.807) is 13.8 Å². The van der Waals surface area contributed by atoms with Gasteiger partial charge >= 0.3 is 0 Å². The van der Waals surface area contributed by atoms with Crippen LogP contribution in [0.5, 0.6) is 0 Å². The van der Waals surface area contributed by atoms with Crippen LogP contribution in [0.1, 0.15) is 27.2 Å². The number of nitrogens with two attached hydrogens (primary N) is 1. The van der Waals surface area contributed by atoms with Crippen molar-refractivity contribution in [2.24, 2.45) is 17.7 Å². The first-order valence-electron chi connectivity index (χ1n) is 4.87. The molecule has 1 aliphatic rings. The quantitative estimate of drug-likeness (QED) is 0.713. The highest BCUT2D eigenvalue weighted by atomic mass is 32.2. The van der Waals surface area contributed by atoms with E-state index in [9.17, 15) is 8.42 Å². The molecule has 84 valence electrons. The Bertz CT molecular complexity index is 297. The largest absolute Gasteiger partial charge is 0.304 e. The third-order valence-electron chi connectivity index (χ3n) is 3.44. The van der Waals surface area contributed by atoms with Crippen LogP contribution in [-0.2, 0) is 14.7 Å². The molecule has 2 atom stereocenters. The van der Waals surface area contributed by atoms with E-state index < -0.39 is 14.6 Å². The van der Waals surface area contributed by atoms with E-state index in [2.05, 4.69) is 4.84 Å². The summed E-state index contributed by atoms with van der Waals surface area (Å²) in [6.45, 7) is 6.00. The maximum absolute atomic E-state index is 11.7. The summed E-state index contributed by atoms with van der Waals surface area (Å²) in [5.41, 5.74) is 0. The molecule has 1 aliphatic heterocycles. The van der Waals surface area contributed by atoms with Crippen molar-refractivity contribution >= 4 is 9.84 Å². The summed E-state index contributed by atoms with van der Waals surface area (Å²) >= 11 is 0. The Morgan fingerprint density at radius 2 is 2.14 bits per heavy atom. The van der Waals surface area contributed by atoms with Crippen molar-refractivity contribution in [2.75, 3.05) is 12.4 Å². The number of sulfone groups is 1. The van der Waals surface area contributed by atoms with Gasteiger partial charge in [-0.3, -0.25) is 0 Å². The molecule has 5 heteroatoms. The highest BCUT2D eigenvalue weighted by molar-refractivity contribution is 7.93. The van der Waals surface area contributed by atoms with Crippen LogP contribution in [0.15, 0.2) is 0 Å². The first-order valence-corrected chi connectivity index (χ1v) is 6.52. The molecule has 0 aromatic rings. The Hall–Kier alpha value is -0.130. The van der Waals surface area contributed by atoms with Crippen molar-refractivity contribution in [3.8, 4) is 0 Å². The van der Waals surface area contributed by atoms with Crippen molar-refractivity contribution < 1.29 is 13.3 Å². The Morgan fingerprint density at radius 1 is 1.57 bits per heavy atom. The minimum atomic E-state index is -2.93. The van der Waals surface area contributed by atoms with Crippen LogP contribution in [0, 0.1) is 11.8 Å². The van der Waals surface area contributed by atoms with Gasteiger partial charge in [-0.2, -0.15) is 0 Å². The molecule has 1 saturated heterocycles. The number of hydrogen-bond acceptors (Lipinski definition) is 4. The summed E-state index contributed by atoms with van der Waals surface area (Å²) in [6, 6.07) is 0. The molecule has 0 spiro atoms. The standard InChI is InChI=1S/C9H19NO3S/c1-7(6-13-10)8-4-5-14(11,12)9(8,2)3/h7-8H,4-6,10H2,1-3H3. The molecule has 14 heavy (non-hydrogen) atoms. The van der Waals surface area contributed by atoms with Crippen LogP contribution in [0.3, 0.4) is 0 Å². The van der Waals surface area contributed by atoms with Gasteiger partial charge in [-0.25, -0.2) is 14.3 Å². The van der Waals surface area contributed by atoms with Gasteiger partial charge in [-0.1, -0.05) is 6.92 Å². The molecule has 0 aromatic carbocycles. The maximum atomic E-state index is 11.7.